The maximum absolute atomic E-state index is 14.4. The van der Waals surface area contributed by atoms with Gasteiger partial charge in [0, 0.05) is 0 Å². The second kappa shape index (κ2) is 10.0. The topological polar surface area (TPSA) is 86.7 Å². The molecule has 4 atom stereocenters. The lowest BCUT2D eigenvalue weighted by molar-refractivity contribution is -0.173. The lowest BCUT2D eigenvalue weighted by Crippen LogP contribution is -2.69. The van der Waals surface area contributed by atoms with E-state index in [2.05, 4.69) is 0 Å². The number of urea groups is 1. The Hall–Kier alpha value is -2.10. The smallest absolute Gasteiger partial charge is 0.408 e. The van der Waals surface area contributed by atoms with E-state index in [1.54, 1.807) is 13.0 Å². The Bertz CT molecular complexity index is 867. The van der Waals surface area contributed by atoms with Gasteiger partial charge in [0.1, 0.15) is 11.9 Å². The van der Waals surface area contributed by atoms with Gasteiger partial charge in [0.25, 0.3) is 0 Å². The Kier molecular flexibility index (Phi) is 7.76. The third-order valence-electron chi connectivity index (χ3n) is 6.81. The highest BCUT2D eigenvalue weighted by molar-refractivity contribution is 6.30. The number of carbonyl (C=O) groups is 3. The predicted molar refractivity (Wildman–Crippen MR) is 112 cm³/mol. The zero-order valence-corrected chi connectivity index (χ0v) is 18.9. The molecule has 1 unspecified atom stereocenters. The first-order valence-corrected chi connectivity index (χ1v) is 11.5. The first-order valence-electron chi connectivity index (χ1n) is 11.1. The molecule has 2 N–H and O–H groups in total. The summed E-state index contributed by atoms with van der Waals surface area (Å²) in [5.41, 5.74) is 0.257. The summed E-state index contributed by atoms with van der Waals surface area (Å²) in [7, 11) is 0. The number of imide groups is 1. The molecule has 0 aromatic heterocycles. The van der Waals surface area contributed by atoms with E-state index < -0.39 is 53.8 Å². The molecule has 3 aliphatic rings. The summed E-state index contributed by atoms with van der Waals surface area (Å²) in [6, 6.07) is -5.12. The molecule has 6 nitrogen and oxygen atoms in total. The van der Waals surface area contributed by atoms with E-state index in [9.17, 15) is 37.1 Å². The van der Waals surface area contributed by atoms with Crippen LogP contribution in [0.5, 0.6) is 0 Å². The van der Waals surface area contributed by atoms with Crippen LogP contribution in [0.4, 0.5) is 22.4 Å². The number of carbonyl (C=O) groups excluding carboxylic acids is 2. The van der Waals surface area contributed by atoms with E-state index in [0.717, 1.165) is 6.42 Å². The Morgan fingerprint density at radius 2 is 1.91 bits per heavy atom. The summed E-state index contributed by atoms with van der Waals surface area (Å²) < 4.78 is 55.2. The van der Waals surface area contributed by atoms with Gasteiger partial charge in [0.05, 0.1) is 11.0 Å². The maximum Gasteiger partial charge on any atom is 0.408 e. The van der Waals surface area contributed by atoms with Crippen LogP contribution in [0.3, 0.4) is 0 Å². The van der Waals surface area contributed by atoms with Gasteiger partial charge in [-0.3, -0.25) is 4.79 Å². The molecule has 1 saturated heterocycles. The quantitative estimate of drug-likeness (QED) is 0.388. The third-order valence-corrected chi connectivity index (χ3v) is 7.34. The summed E-state index contributed by atoms with van der Waals surface area (Å²) in [5.74, 6) is -5.14. The third kappa shape index (κ3) is 5.36. The van der Waals surface area contributed by atoms with E-state index in [1.807, 2.05) is 5.32 Å². The van der Waals surface area contributed by atoms with Crippen molar-refractivity contribution in [3.05, 3.63) is 22.5 Å². The minimum atomic E-state index is -4.72. The number of rotatable bonds is 6. The molecule has 0 aromatic carbocycles. The van der Waals surface area contributed by atoms with E-state index in [0.29, 0.717) is 37.0 Å². The standard InChI is InChI=1S/C22H27ClF4N2O4/c1-11-7-8-12(16(24)15(11)23)9-10-14-17(20(31)32)29(19(14)30)21(33)28-18(22(25,26)27)13-5-3-2-4-6-13/h8,11,13-14,17-18H,2-7,9-10H2,1H3,(H,28,33)(H,31,32)/t11?,14-,17+,18+/m1/s1. The monoisotopic (exact) mass is 494 g/mol. The number of aliphatic carboxylic acids is 1. The van der Waals surface area contributed by atoms with Crippen LogP contribution in [0.2, 0.25) is 0 Å². The molecule has 184 valence electrons. The lowest BCUT2D eigenvalue weighted by atomic mass is 9.81. The second-order valence-corrected chi connectivity index (χ2v) is 9.44. The molecule has 1 aliphatic heterocycles. The molecule has 0 radical (unpaired) electrons. The molecule has 3 amide bonds. The number of alkyl halides is 3. The number of carboxylic acids is 1. The molecule has 1 saturated carbocycles. The fraction of sp³-hybridized carbons (Fsp3) is 0.682. The highest BCUT2D eigenvalue weighted by Crippen LogP contribution is 2.39. The average molecular weight is 495 g/mol. The zero-order chi connectivity index (χ0) is 24.5. The number of nitrogens with one attached hydrogen (secondary N) is 1. The number of likely N-dealkylation sites (tertiary alicyclic amines) is 1. The highest BCUT2D eigenvalue weighted by Gasteiger charge is 2.56. The number of hydrogen-bond donors (Lipinski definition) is 2. The van der Waals surface area contributed by atoms with Crippen molar-refractivity contribution in [3.8, 4) is 0 Å². The fourth-order valence-corrected chi connectivity index (χ4v) is 5.09. The van der Waals surface area contributed by atoms with E-state index in [1.165, 1.54) is 0 Å². The average Bonchev–Trinajstić information content (AvgIpc) is 2.75. The number of allylic oxidation sites excluding steroid dienone is 4. The number of β-lactam (4-membered cyclic amide) rings is 1. The van der Waals surface area contributed by atoms with Crippen molar-refractivity contribution < 1.29 is 37.1 Å². The van der Waals surface area contributed by atoms with Crippen molar-refractivity contribution in [2.24, 2.45) is 17.8 Å². The van der Waals surface area contributed by atoms with Crippen LogP contribution in [0.1, 0.15) is 58.3 Å². The van der Waals surface area contributed by atoms with E-state index in [4.69, 9.17) is 11.6 Å². The van der Waals surface area contributed by atoms with Crippen LogP contribution in [0, 0.1) is 17.8 Å². The minimum Gasteiger partial charge on any atom is -0.480 e. The molecule has 0 aromatic rings. The number of halogens is 5. The first-order chi connectivity index (χ1) is 15.4. The van der Waals surface area contributed by atoms with Crippen molar-refractivity contribution in [1.82, 2.24) is 10.2 Å². The zero-order valence-electron chi connectivity index (χ0n) is 18.1. The summed E-state index contributed by atoms with van der Waals surface area (Å²) in [5, 5.41) is 11.5. The summed E-state index contributed by atoms with van der Waals surface area (Å²) in [6.45, 7) is 1.75. The van der Waals surface area contributed by atoms with Gasteiger partial charge in [-0.1, -0.05) is 43.9 Å². The Morgan fingerprint density at radius 1 is 1.27 bits per heavy atom. The molecule has 2 fully saturated rings. The minimum absolute atomic E-state index is 0.0255. The molecular weight excluding hydrogens is 468 g/mol. The van der Waals surface area contributed by atoms with Crippen LogP contribution in [-0.4, -0.2) is 46.2 Å². The van der Waals surface area contributed by atoms with Gasteiger partial charge < -0.3 is 10.4 Å². The van der Waals surface area contributed by atoms with Gasteiger partial charge in [-0.2, -0.15) is 13.2 Å². The number of carboxylic acid groups (broad SMARTS) is 1. The van der Waals surface area contributed by atoms with Crippen molar-refractivity contribution in [3.63, 3.8) is 0 Å². The van der Waals surface area contributed by atoms with E-state index in [-0.39, 0.29) is 29.4 Å². The van der Waals surface area contributed by atoms with Crippen molar-refractivity contribution in [2.45, 2.75) is 76.6 Å². The van der Waals surface area contributed by atoms with Crippen molar-refractivity contribution in [2.75, 3.05) is 0 Å². The Labute approximate surface area is 194 Å². The van der Waals surface area contributed by atoms with Crippen LogP contribution in [0.25, 0.3) is 0 Å². The SMILES string of the molecule is CC1CC=C(CC[C@H]2C(=O)N(C(=O)N[C@@H](C3CCCCC3)C(F)(F)F)[C@@H]2C(=O)O)C(F)=C1Cl. The Morgan fingerprint density at radius 3 is 2.48 bits per heavy atom. The maximum atomic E-state index is 14.4. The van der Waals surface area contributed by atoms with Gasteiger partial charge in [-0.05, 0) is 49.5 Å². The predicted octanol–water partition coefficient (Wildman–Crippen LogP) is 5.29. The molecule has 1 heterocycles. The molecule has 0 spiro atoms. The number of hydrogen-bond acceptors (Lipinski definition) is 3. The largest absolute Gasteiger partial charge is 0.480 e. The molecule has 3 rings (SSSR count). The van der Waals surface area contributed by atoms with Gasteiger partial charge in [0.2, 0.25) is 5.91 Å². The summed E-state index contributed by atoms with van der Waals surface area (Å²) in [6.07, 6.45) is -0.0169. The van der Waals surface area contributed by atoms with Gasteiger partial charge in [0.15, 0.2) is 6.04 Å². The summed E-state index contributed by atoms with van der Waals surface area (Å²) in [4.78, 5) is 37.2. The highest BCUT2D eigenvalue weighted by atomic mass is 35.5. The van der Waals surface area contributed by atoms with E-state index >= 15 is 0 Å². The first kappa shape index (κ1) is 25.5. The van der Waals surface area contributed by atoms with Crippen LogP contribution >= 0.6 is 11.6 Å². The molecule has 2 aliphatic carbocycles. The van der Waals surface area contributed by atoms with Gasteiger partial charge in [-0.25, -0.2) is 18.9 Å². The lowest BCUT2D eigenvalue weighted by Gasteiger charge is -2.44. The van der Waals surface area contributed by atoms with Crippen molar-refractivity contribution >= 4 is 29.5 Å². The van der Waals surface area contributed by atoms with Crippen LogP contribution < -0.4 is 5.32 Å². The normalized spacial score (nSPS) is 27.7. The van der Waals surface area contributed by atoms with Gasteiger partial charge in [-0.15, -0.1) is 0 Å². The number of nitrogens with zero attached hydrogens (tertiary/aromatic N) is 1. The molecule has 33 heavy (non-hydrogen) atoms. The van der Waals surface area contributed by atoms with Crippen molar-refractivity contribution in [1.29, 1.82) is 0 Å². The van der Waals surface area contributed by atoms with Gasteiger partial charge >= 0.3 is 18.2 Å². The molecule has 0 bridgehead atoms. The molecule has 11 heteroatoms. The fourth-order valence-electron chi connectivity index (χ4n) is 4.88. The second-order valence-electron chi connectivity index (χ2n) is 9.03. The molecular formula is C22H27ClF4N2O4. The number of amides is 3. The van der Waals surface area contributed by atoms with Crippen LogP contribution in [-0.2, 0) is 9.59 Å². The Balaban J connectivity index is 1.68. The summed E-state index contributed by atoms with van der Waals surface area (Å²) >= 11 is 5.95. The van der Waals surface area contributed by atoms with Crippen LogP contribution in [0.15, 0.2) is 22.5 Å².